The van der Waals surface area contributed by atoms with Crippen molar-refractivity contribution in [2.45, 2.75) is 44.6 Å². The average molecular weight is 199 g/mol. The van der Waals surface area contributed by atoms with Crippen molar-refractivity contribution in [2.24, 2.45) is 11.5 Å². The van der Waals surface area contributed by atoms with Gasteiger partial charge in [-0.05, 0) is 38.3 Å². The molecular weight excluding hydrogens is 174 g/mol. The molecule has 0 aliphatic rings. The van der Waals surface area contributed by atoms with Crippen LogP contribution in [0.4, 0.5) is 0 Å². The third-order valence-corrected chi connectivity index (χ3v) is 2.28. The van der Waals surface area contributed by atoms with E-state index in [1.54, 1.807) is 0 Å². The smallest absolute Gasteiger partial charge is 0.0195 e. The molecule has 1 unspecified atom stereocenters. The van der Waals surface area contributed by atoms with Crippen LogP contribution in [0.25, 0.3) is 0 Å². The molecule has 7 N–H and O–H groups in total. The van der Waals surface area contributed by atoms with Gasteiger partial charge >= 0.3 is 0 Å². The summed E-state index contributed by atoms with van der Waals surface area (Å²) < 4.78 is 0. The first-order chi connectivity index (χ1) is 6.18. The molecule has 0 saturated carbocycles. The van der Waals surface area contributed by atoms with Gasteiger partial charge in [-0.25, -0.2) is 0 Å². The maximum absolute atomic E-state index is 6.23. The van der Waals surface area contributed by atoms with Crippen LogP contribution >= 0.6 is 0 Å². The summed E-state index contributed by atoms with van der Waals surface area (Å²) >= 11 is 0. The van der Waals surface area contributed by atoms with Gasteiger partial charge in [0.05, 0.1) is 0 Å². The second-order valence-electron chi connectivity index (χ2n) is 3.62. The van der Waals surface area contributed by atoms with Crippen molar-refractivity contribution in [3.8, 4) is 0 Å². The Morgan fingerprint density at radius 1 is 1.43 bits per heavy atom. The second kappa shape index (κ2) is 8.97. The van der Waals surface area contributed by atoms with E-state index >= 15 is 0 Å². The van der Waals surface area contributed by atoms with Crippen LogP contribution in [-0.2, 0) is 0 Å². The Morgan fingerprint density at radius 2 is 2.07 bits per heavy atom. The summed E-state index contributed by atoms with van der Waals surface area (Å²) in [6.07, 6.45) is 6.95. The molecule has 0 rings (SSSR count). The first-order valence-corrected chi connectivity index (χ1v) is 5.02. The Labute approximate surface area is 87.8 Å². The summed E-state index contributed by atoms with van der Waals surface area (Å²) in [5, 5.41) is 0. The summed E-state index contributed by atoms with van der Waals surface area (Å²) in [6, 6.07) is 0. The van der Waals surface area contributed by atoms with E-state index in [1.807, 2.05) is 6.08 Å². The molecule has 84 valence electrons. The highest BCUT2D eigenvalue weighted by Gasteiger charge is 2.21. The summed E-state index contributed by atoms with van der Waals surface area (Å²) in [4.78, 5) is 0. The van der Waals surface area contributed by atoms with Crippen LogP contribution in [0.1, 0.15) is 39.0 Å². The van der Waals surface area contributed by atoms with Gasteiger partial charge in [-0.15, -0.1) is 5.73 Å². The van der Waals surface area contributed by atoms with Gasteiger partial charge < -0.3 is 17.6 Å². The molecule has 14 heavy (non-hydrogen) atoms. The van der Waals surface area contributed by atoms with Gasteiger partial charge in [-0.1, -0.05) is 19.9 Å². The maximum atomic E-state index is 6.23. The molecule has 0 aliphatic heterocycles. The van der Waals surface area contributed by atoms with Gasteiger partial charge in [-0.3, -0.25) is 0 Å². The molecule has 0 spiro atoms. The molecule has 1 atom stereocenters. The van der Waals surface area contributed by atoms with Crippen LogP contribution in [0.15, 0.2) is 18.4 Å². The molecule has 3 heteroatoms. The first-order valence-electron chi connectivity index (χ1n) is 5.02. The molecule has 0 fully saturated rings. The molecular formula is C11H25N3. The third kappa shape index (κ3) is 6.87. The van der Waals surface area contributed by atoms with Crippen LogP contribution in [0.3, 0.4) is 0 Å². The monoisotopic (exact) mass is 199 g/mol. The minimum Gasteiger partial charge on any atom is -0.344 e. The molecule has 0 bridgehead atoms. The fraction of sp³-hybridized carbons (Fsp3) is 0.727. The zero-order chi connectivity index (χ0) is 10.2. The Bertz CT molecular complexity index is 173. The summed E-state index contributed by atoms with van der Waals surface area (Å²) in [5.74, 6) is 0. The van der Waals surface area contributed by atoms with Crippen LogP contribution in [0.5, 0.6) is 0 Å². The van der Waals surface area contributed by atoms with Crippen molar-refractivity contribution in [2.75, 3.05) is 6.54 Å². The lowest BCUT2D eigenvalue weighted by Crippen LogP contribution is -2.39. The van der Waals surface area contributed by atoms with Gasteiger partial charge in [0.1, 0.15) is 0 Å². The van der Waals surface area contributed by atoms with E-state index in [2.05, 4.69) is 19.2 Å². The highest BCUT2D eigenvalue weighted by molar-refractivity contribution is 4.92. The molecule has 0 aliphatic carbocycles. The highest BCUT2D eigenvalue weighted by Crippen LogP contribution is 2.20. The first kappa shape index (κ1) is 15.9. The molecule has 0 saturated heterocycles. The van der Waals surface area contributed by atoms with Gasteiger partial charge in [-0.2, -0.15) is 0 Å². The lowest BCUT2D eigenvalue weighted by atomic mass is 9.86. The van der Waals surface area contributed by atoms with Gasteiger partial charge in [0.2, 0.25) is 0 Å². The van der Waals surface area contributed by atoms with Crippen LogP contribution in [0.2, 0.25) is 0 Å². The van der Waals surface area contributed by atoms with Crippen LogP contribution in [-0.4, -0.2) is 12.1 Å². The lowest BCUT2D eigenvalue weighted by molar-refractivity contribution is 0.357. The van der Waals surface area contributed by atoms with Crippen molar-refractivity contribution >= 4 is 0 Å². The Balaban J connectivity index is 0. The van der Waals surface area contributed by atoms with Crippen LogP contribution in [0, 0.1) is 0 Å². The number of hydrogen-bond acceptors (Lipinski definition) is 3. The van der Waals surface area contributed by atoms with Crippen molar-refractivity contribution in [1.29, 1.82) is 0 Å². The molecule has 0 aromatic rings. The molecule has 0 amide bonds. The molecule has 3 nitrogen and oxygen atoms in total. The standard InChI is InChI=1S/C11H22N2.H3N/c1-3-5-8-11(13,7-4-2)9-6-10-12;/h5H,1,4,6-10,12-13H2,2H3;1H3. The van der Waals surface area contributed by atoms with Gasteiger partial charge in [0.15, 0.2) is 0 Å². The maximum Gasteiger partial charge on any atom is 0.0195 e. The number of nitrogens with two attached hydrogens (primary N) is 2. The van der Waals surface area contributed by atoms with E-state index in [9.17, 15) is 0 Å². The van der Waals surface area contributed by atoms with E-state index in [1.165, 1.54) is 0 Å². The normalized spacial score (nSPS) is 13.6. The predicted octanol–water partition coefficient (Wildman–Crippen LogP) is 2.12. The zero-order valence-electron chi connectivity index (χ0n) is 9.39. The van der Waals surface area contributed by atoms with E-state index in [0.717, 1.165) is 38.6 Å². The van der Waals surface area contributed by atoms with Gasteiger partial charge in [0.25, 0.3) is 0 Å². The number of hydrogen-bond donors (Lipinski definition) is 3. The third-order valence-electron chi connectivity index (χ3n) is 2.28. The molecule has 0 aromatic heterocycles. The van der Waals surface area contributed by atoms with Crippen molar-refractivity contribution < 1.29 is 0 Å². The van der Waals surface area contributed by atoms with Gasteiger partial charge in [0, 0.05) is 5.54 Å². The molecule has 0 aromatic carbocycles. The molecule has 0 radical (unpaired) electrons. The fourth-order valence-corrected chi connectivity index (χ4v) is 1.56. The minimum atomic E-state index is -0.0845. The van der Waals surface area contributed by atoms with Crippen LogP contribution < -0.4 is 17.6 Å². The summed E-state index contributed by atoms with van der Waals surface area (Å²) in [5.41, 5.74) is 14.4. The summed E-state index contributed by atoms with van der Waals surface area (Å²) in [6.45, 7) is 6.42. The summed E-state index contributed by atoms with van der Waals surface area (Å²) in [7, 11) is 0. The Morgan fingerprint density at radius 3 is 2.50 bits per heavy atom. The Hall–Kier alpha value is -0.600. The van der Waals surface area contributed by atoms with Crippen molar-refractivity contribution in [3.63, 3.8) is 0 Å². The predicted molar refractivity (Wildman–Crippen MR) is 63.5 cm³/mol. The van der Waals surface area contributed by atoms with E-state index in [-0.39, 0.29) is 11.7 Å². The molecule has 0 heterocycles. The topological polar surface area (TPSA) is 87.0 Å². The Kier molecular flexibility index (Phi) is 10.2. The average Bonchev–Trinajstić information content (AvgIpc) is 2.12. The second-order valence-corrected chi connectivity index (χ2v) is 3.62. The van der Waals surface area contributed by atoms with E-state index < -0.39 is 0 Å². The van der Waals surface area contributed by atoms with E-state index in [0.29, 0.717) is 0 Å². The van der Waals surface area contributed by atoms with Crippen molar-refractivity contribution in [3.05, 3.63) is 18.4 Å². The lowest BCUT2D eigenvalue weighted by Gasteiger charge is -2.27. The largest absolute Gasteiger partial charge is 0.344 e. The quantitative estimate of drug-likeness (QED) is 0.549. The highest BCUT2D eigenvalue weighted by atomic mass is 14.7. The zero-order valence-corrected chi connectivity index (χ0v) is 9.39. The SMILES string of the molecule is C=C=CCC(N)(CCC)CCCN.N. The minimum absolute atomic E-state index is 0. The van der Waals surface area contributed by atoms with E-state index in [4.69, 9.17) is 11.5 Å². The van der Waals surface area contributed by atoms with Crippen molar-refractivity contribution in [1.82, 2.24) is 6.15 Å². The number of rotatable bonds is 7. The fourth-order valence-electron chi connectivity index (χ4n) is 1.56.